The van der Waals surface area contributed by atoms with E-state index in [9.17, 15) is 5.11 Å². The molecule has 0 spiro atoms. The van der Waals surface area contributed by atoms with Crippen molar-refractivity contribution in [3.05, 3.63) is 10.6 Å². The lowest BCUT2D eigenvalue weighted by Crippen LogP contribution is -2.51. The van der Waals surface area contributed by atoms with Crippen molar-refractivity contribution in [1.82, 2.24) is 9.88 Å². The van der Waals surface area contributed by atoms with Crippen molar-refractivity contribution in [2.24, 2.45) is 0 Å². The van der Waals surface area contributed by atoms with Gasteiger partial charge in [-0.25, -0.2) is 4.98 Å². The molecule has 1 aliphatic rings. The second kappa shape index (κ2) is 6.00. The van der Waals surface area contributed by atoms with Crippen LogP contribution in [0.2, 0.25) is 0 Å². The number of aliphatic hydroxyl groups is 1. The first-order chi connectivity index (χ1) is 9.36. The zero-order chi connectivity index (χ0) is 14.9. The number of aliphatic hydroxyl groups excluding tert-OH is 1. The molecule has 114 valence electrons. The molecule has 2 heterocycles. The standard InChI is InChI=1S/C15H27N3OS/c1-6-17-7-8-18(9-11(17)2)14-16-13(15(3,4)5)12(10-19)20-14/h11,19H,6-10H2,1-5H3. The van der Waals surface area contributed by atoms with Crippen molar-refractivity contribution in [3.8, 4) is 0 Å². The topological polar surface area (TPSA) is 39.6 Å². The molecule has 1 aromatic heterocycles. The van der Waals surface area contributed by atoms with E-state index >= 15 is 0 Å². The summed E-state index contributed by atoms with van der Waals surface area (Å²) < 4.78 is 0. The van der Waals surface area contributed by atoms with Gasteiger partial charge in [-0.1, -0.05) is 39.0 Å². The molecule has 0 amide bonds. The van der Waals surface area contributed by atoms with E-state index < -0.39 is 0 Å². The maximum absolute atomic E-state index is 9.57. The number of thiazole rings is 1. The van der Waals surface area contributed by atoms with Crippen LogP contribution < -0.4 is 4.90 Å². The zero-order valence-corrected chi connectivity index (χ0v) is 14.1. The van der Waals surface area contributed by atoms with Gasteiger partial charge in [-0.15, -0.1) is 0 Å². The number of hydrogen-bond acceptors (Lipinski definition) is 5. The van der Waals surface area contributed by atoms with Crippen LogP contribution >= 0.6 is 11.3 Å². The van der Waals surface area contributed by atoms with Crippen molar-refractivity contribution in [2.45, 2.75) is 52.7 Å². The van der Waals surface area contributed by atoms with Crippen LogP contribution in [0.1, 0.15) is 45.2 Å². The zero-order valence-electron chi connectivity index (χ0n) is 13.3. The third-order valence-corrected chi connectivity index (χ3v) is 5.08. The van der Waals surface area contributed by atoms with Crippen molar-refractivity contribution in [2.75, 3.05) is 31.1 Å². The highest BCUT2D eigenvalue weighted by Gasteiger charge is 2.28. The minimum atomic E-state index is -0.0102. The van der Waals surface area contributed by atoms with Gasteiger partial charge < -0.3 is 10.0 Å². The average molecular weight is 297 g/mol. The number of nitrogens with zero attached hydrogens (tertiary/aromatic N) is 3. The molecule has 1 saturated heterocycles. The lowest BCUT2D eigenvalue weighted by atomic mass is 9.91. The van der Waals surface area contributed by atoms with Crippen molar-refractivity contribution in [3.63, 3.8) is 0 Å². The van der Waals surface area contributed by atoms with Gasteiger partial charge in [0.05, 0.1) is 17.2 Å². The number of hydrogen-bond donors (Lipinski definition) is 1. The molecule has 0 aliphatic carbocycles. The average Bonchev–Trinajstić information content (AvgIpc) is 2.82. The summed E-state index contributed by atoms with van der Waals surface area (Å²) in [7, 11) is 0. The van der Waals surface area contributed by atoms with Crippen LogP contribution in [0.4, 0.5) is 5.13 Å². The number of aromatic nitrogens is 1. The summed E-state index contributed by atoms with van der Waals surface area (Å²) in [6.07, 6.45) is 0. The summed E-state index contributed by atoms with van der Waals surface area (Å²) in [6.45, 7) is 15.3. The largest absolute Gasteiger partial charge is 0.391 e. The molecule has 1 aliphatic heterocycles. The highest BCUT2D eigenvalue weighted by Crippen LogP contribution is 2.34. The van der Waals surface area contributed by atoms with Gasteiger partial charge in [0.1, 0.15) is 0 Å². The summed E-state index contributed by atoms with van der Waals surface area (Å²) in [4.78, 5) is 10.7. The fourth-order valence-corrected chi connectivity index (χ4v) is 3.97. The molecule has 0 bridgehead atoms. The Kier molecular flexibility index (Phi) is 4.72. The van der Waals surface area contributed by atoms with Crippen LogP contribution in [0, 0.1) is 0 Å². The summed E-state index contributed by atoms with van der Waals surface area (Å²) in [5.41, 5.74) is 1.04. The van der Waals surface area contributed by atoms with Crippen LogP contribution in [-0.4, -0.2) is 47.2 Å². The van der Waals surface area contributed by atoms with Gasteiger partial charge in [0, 0.05) is 31.1 Å². The van der Waals surface area contributed by atoms with E-state index in [-0.39, 0.29) is 12.0 Å². The van der Waals surface area contributed by atoms with E-state index in [0.29, 0.717) is 6.04 Å². The highest BCUT2D eigenvalue weighted by molar-refractivity contribution is 7.15. The molecule has 20 heavy (non-hydrogen) atoms. The molecular weight excluding hydrogens is 270 g/mol. The molecule has 1 aromatic rings. The Morgan fingerprint density at radius 3 is 2.50 bits per heavy atom. The Bertz CT molecular complexity index is 452. The highest BCUT2D eigenvalue weighted by atomic mass is 32.1. The molecular formula is C15H27N3OS. The Labute approximate surface area is 126 Å². The SMILES string of the molecule is CCN1CCN(c2nc(C(C)(C)C)c(CO)s2)CC1C. The fraction of sp³-hybridized carbons (Fsp3) is 0.800. The number of rotatable bonds is 3. The van der Waals surface area contributed by atoms with Crippen LogP contribution in [-0.2, 0) is 12.0 Å². The van der Waals surface area contributed by atoms with Gasteiger partial charge in [0.25, 0.3) is 0 Å². The van der Waals surface area contributed by atoms with Gasteiger partial charge in [-0.05, 0) is 13.5 Å². The molecule has 1 N–H and O–H groups in total. The molecule has 4 nitrogen and oxygen atoms in total. The molecule has 0 radical (unpaired) electrons. The molecule has 5 heteroatoms. The first-order valence-corrected chi connectivity index (χ1v) is 8.28. The number of likely N-dealkylation sites (N-methyl/N-ethyl adjacent to an activating group) is 1. The third-order valence-electron chi connectivity index (χ3n) is 3.98. The molecule has 1 fully saturated rings. The van der Waals surface area contributed by atoms with E-state index in [1.54, 1.807) is 11.3 Å². The van der Waals surface area contributed by atoms with Gasteiger partial charge in [0.2, 0.25) is 0 Å². The van der Waals surface area contributed by atoms with Gasteiger partial charge in [0.15, 0.2) is 5.13 Å². The second-order valence-electron chi connectivity index (χ2n) is 6.60. The van der Waals surface area contributed by atoms with Crippen LogP contribution in [0.3, 0.4) is 0 Å². The molecule has 2 rings (SSSR count). The summed E-state index contributed by atoms with van der Waals surface area (Å²) in [6, 6.07) is 0.563. The van der Waals surface area contributed by atoms with E-state index in [1.807, 2.05) is 0 Å². The Morgan fingerprint density at radius 1 is 1.35 bits per heavy atom. The van der Waals surface area contributed by atoms with Crippen molar-refractivity contribution >= 4 is 16.5 Å². The van der Waals surface area contributed by atoms with Gasteiger partial charge in [-0.2, -0.15) is 0 Å². The lowest BCUT2D eigenvalue weighted by Gasteiger charge is -2.39. The minimum absolute atomic E-state index is 0.0102. The van der Waals surface area contributed by atoms with Gasteiger partial charge >= 0.3 is 0 Å². The van der Waals surface area contributed by atoms with E-state index in [1.165, 1.54) is 0 Å². The third kappa shape index (κ3) is 3.15. The Balaban J connectivity index is 2.20. The van der Waals surface area contributed by atoms with Gasteiger partial charge in [-0.3, -0.25) is 4.90 Å². The Hall–Kier alpha value is -0.650. The second-order valence-corrected chi connectivity index (χ2v) is 7.66. The number of piperazine rings is 1. The monoisotopic (exact) mass is 297 g/mol. The first-order valence-electron chi connectivity index (χ1n) is 7.46. The maximum Gasteiger partial charge on any atom is 0.185 e. The smallest absolute Gasteiger partial charge is 0.185 e. The molecule has 1 unspecified atom stereocenters. The molecule has 0 aromatic carbocycles. The minimum Gasteiger partial charge on any atom is -0.391 e. The quantitative estimate of drug-likeness (QED) is 0.930. The summed E-state index contributed by atoms with van der Waals surface area (Å²) in [5, 5.41) is 10.6. The van der Waals surface area contributed by atoms with E-state index in [0.717, 1.165) is 41.9 Å². The summed E-state index contributed by atoms with van der Waals surface area (Å²) >= 11 is 1.65. The Morgan fingerprint density at radius 2 is 2.05 bits per heavy atom. The normalized spacial score (nSPS) is 21.5. The van der Waals surface area contributed by atoms with Crippen LogP contribution in [0.25, 0.3) is 0 Å². The first kappa shape index (κ1) is 15.7. The van der Waals surface area contributed by atoms with Crippen LogP contribution in [0.5, 0.6) is 0 Å². The number of anilines is 1. The predicted octanol–water partition coefficient (Wildman–Crippen LogP) is 2.46. The molecule has 0 saturated carbocycles. The van der Waals surface area contributed by atoms with Crippen molar-refractivity contribution in [1.29, 1.82) is 0 Å². The predicted molar refractivity (Wildman–Crippen MR) is 85.7 cm³/mol. The molecule has 1 atom stereocenters. The van der Waals surface area contributed by atoms with Crippen LogP contribution in [0.15, 0.2) is 0 Å². The van der Waals surface area contributed by atoms with E-state index in [4.69, 9.17) is 4.98 Å². The summed E-state index contributed by atoms with van der Waals surface area (Å²) in [5.74, 6) is 0. The van der Waals surface area contributed by atoms with E-state index in [2.05, 4.69) is 44.4 Å². The van der Waals surface area contributed by atoms with Crippen molar-refractivity contribution < 1.29 is 5.11 Å². The lowest BCUT2D eigenvalue weighted by molar-refractivity contribution is 0.199. The maximum atomic E-state index is 9.57. The fourth-order valence-electron chi connectivity index (χ4n) is 2.81.